The number of hydrogen-bond acceptors (Lipinski definition) is 3. The van der Waals surface area contributed by atoms with E-state index in [2.05, 4.69) is 24.3 Å². The van der Waals surface area contributed by atoms with Crippen LogP contribution in [0.5, 0.6) is 0 Å². The van der Waals surface area contributed by atoms with Crippen LogP contribution in [0, 0.1) is 0 Å². The second-order valence-electron chi connectivity index (χ2n) is 4.52. The average Bonchev–Trinajstić information content (AvgIpc) is 2.41. The van der Waals surface area contributed by atoms with Gasteiger partial charge in [0.1, 0.15) is 0 Å². The van der Waals surface area contributed by atoms with Gasteiger partial charge < -0.3 is 15.2 Å². The Bertz CT molecular complexity index is 317. The van der Waals surface area contributed by atoms with E-state index in [1.165, 1.54) is 18.4 Å². The predicted molar refractivity (Wildman–Crippen MR) is 67.6 cm³/mol. The molecule has 1 aromatic carbocycles. The largest absolute Gasteiger partial charge is 0.376 e. The van der Waals surface area contributed by atoms with Gasteiger partial charge in [0.05, 0.1) is 19.3 Å². The van der Waals surface area contributed by atoms with E-state index in [4.69, 9.17) is 15.2 Å². The van der Waals surface area contributed by atoms with E-state index in [0.717, 1.165) is 18.6 Å². The van der Waals surface area contributed by atoms with Gasteiger partial charge in [-0.25, -0.2) is 0 Å². The fourth-order valence-corrected chi connectivity index (χ4v) is 2.02. The van der Waals surface area contributed by atoms with Crippen LogP contribution in [0.25, 0.3) is 0 Å². The number of benzene rings is 1. The van der Waals surface area contributed by atoms with Crippen molar-refractivity contribution in [2.45, 2.75) is 38.5 Å². The van der Waals surface area contributed by atoms with Gasteiger partial charge in [-0.05, 0) is 30.4 Å². The highest BCUT2D eigenvalue weighted by Gasteiger charge is 2.13. The maximum Gasteiger partial charge on any atom is 0.0808 e. The smallest absolute Gasteiger partial charge is 0.0808 e. The summed E-state index contributed by atoms with van der Waals surface area (Å²) in [4.78, 5) is 0. The van der Waals surface area contributed by atoms with Crippen molar-refractivity contribution in [1.29, 1.82) is 0 Å². The summed E-state index contributed by atoms with van der Waals surface area (Å²) in [6, 6.07) is 8.25. The van der Waals surface area contributed by atoms with E-state index in [0.29, 0.717) is 25.9 Å². The highest BCUT2D eigenvalue weighted by molar-refractivity contribution is 5.21. The SMILES string of the molecule is NCc1ccc(COCC2CCCCO2)cc1. The molecule has 0 saturated carbocycles. The Kier molecular flexibility index (Phi) is 4.98. The summed E-state index contributed by atoms with van der Waals surface area (Å²) in [7, 11) is 0. The number of hydrogen-bond donors (Lipinski definition) is 1. The molecule has 1 heterocycles. The topological polar surface area (TPSA) is 44.5 Å². The molecule has 1 fully saturated rings. The number of ether oxygens (including phenoxy) is 2. The molecular formula is C14H21NO2. The Balaban J connectivity index is 1.69. The van der Waals surface area contributed by atoms with Gasteiger partial charge in [0.2, 0.25) is 0 Å². The molecule has 3 nitrogen and oxygen atoms in total. The quantitative estimate of drug-likeness (QED) is 0.851. The van der Waals surface area contributed by atoms with Crippen molar-refractivity contribution in [2.75, 3.05) is 13.2 Å². The summed E-state index contributed by atoms with van der Waals surface area (Å²) in [5.41, 5.74) is 7.90. The molecule has 1 unspecified atom stereocenters. The molecule has 1 aliphatic heterocycles. The normalized spacial score (nSPS) is 20.4. The zero-order valence-electron chi connectivity index (χ0n) is 10.2. The number of rotatable bonds is 5. The van der Waals surface area contributed by atoms with Crippen LogP contribution in [0.3, 0.4) is 0 Å². The van der Waals surface area contributed by atoms with E-state index in [9.17, 15) is 0 Å². The molecule has 0 aromatic heterocycles. The fourth-order valence-electron chi connectivity index (χ4n) is 2.02. The van der Waals surface area contributed by atoms with Gasteiger partial charge in [0, 0.05) is 13.2 Å². The van der Waals surface area contributed by atoms with Crippen LogP contribution in [0.1, 0.15) is 30.4 Å². The van der Waals surface area contributed by atoms with Gasteiger partial charge in [0.15, 0.2) is 0 Å². The molecule has 0 amide bonds. The van der Waals surface area contributed by atoms with Gasteiger partial charge in [-0.15, -0.1) is 0 Å². The van der Waals surface area contributed by atoms with Crippen LogP contribution in [0.2, 0.25) is 0 Å². The van der Waals surface area contributed by atoms with Gasteiger partial charge in [0.25, 0.3) is 0 Å². The lowest BCUT2D eigenvalue weighted by Crippen LogP contribution is -2.24. The molecule has 0 aliphatic carbocycles. The highest BCUT2D eigenvalue weighted by atomic mass is 16.5. The van der Waals surface area contributed by atoms with Crippen molar-refractivity contribution in [3.63, 3.8) is 0 Å². The molecule has 0 bridgehead atoms. The van der Waals surface area contributed by atoms with Gasteiger partial charge in [-0.1, -0.05) is 24.3 Å². The van der Waals surface area contributed by atoms with Gasteiger partial charge in [-0.3, -0.25) is 0 Å². The molecule has 2 rings (SSSR count). The zero-order valence-corrected chi connectivity index (χ0v) is 10.2. The zero-order chi connectivity index (χ0) is 11.9. The minimum atomic E-state index is 0.298. The second kappa shape index (κ2) is 6.74. The maximum atomic E-state index is 5.68. The minimum Gasteiger partial charge on any atom is -0.376 e. The molecule has 1 aromatic rings. The lowest BCUT2D eigenvalue weighted by Gasteiger charge is -2.22. The van der Waals surface area contributed by atoms with Crippen molar-refractivity contribution < 1.29 is 9.47 Å². The first-order valence-corrected chi connectivity index (χ1v) is 6.35. The van der Waals surface area contributed by atoms with Crippen LogP contribution in [0.15, 0.2) is 24.3 Å². The van der Waals surface area contributed by atoms with Gasteiger partial charge in [-0.2, -0.15) is 0 Å². The van der Waals surface area contributed by atoms with Gasteiger partial charge >= 0.3 is 0 Å². The Hall–Kier alpha value is -0.900. The molecule has 94 valence electrons. The third-order valence-electron chi connectivity index (χ3n) is 3.11. The van der Waals surface area contributed by atoms with E-state index in [1.807, 2.05) is 0 Å². The van der Waals surface area contributed by atoms with E-state index in [1.54, 1.807) is 0 Å². The summed E-state index contributed by atoms with van der Waals surface area (Å²) in [5.74, 6) is 0. The molecule has 0 spiro atoms. The van der Waals surface area contributed by atoms with Crippen molar-refractivity contribution in [1.82, 2.24) is 0 Å². The van der Waals surface area contributed by atoms with E-state index >= 15 is 0 Å². The van der Waals surface area contributed by atoms with Crippen LogP contribution >= 0.6 is 0 Å². The molecular weight excluding hydrogens is 214 g/mol. The van der Waals surface area contributed by atoms with Crippen LogP contribution in [0.4, 0.5) is 0 Å². The standard InChI is InChI=1S/C14H21NO2/c15-9-12-4-6-13(7-5-12)10-16-11-14-3-1-2-8-17-14/h4-7,14H,1-3,8-11,15H2. The van der Waals surface area contributed by atoms with Crippen molar-refractivity contribution in [2.24, 2.45) is 5.73 Å². The Labute approximate surface area is 103 Å². The first kappa shape index (κ1) is 12.6. The lowest BCUT2D eigenvalue weighted by molar-refractivity contribution is -0.0447. The maximum absolute atomic E-state index is 5.68. The Morgan fingerprint density at radius 2 is 1.94 bits per heavy atom. The minimum absolute atomic E-state index is 0.298. The van der Waals surface area contributed by atoms with E-state index < -0.39 is 0 Å². The molecule has 1 aliphatic rings. The van der Waals surface area contributed by atoms with Crippen LogP contribution in [-0.2, 0) is 22.6 Å². The highest BCUT2D eigenvalue weighted by Crippen LogP contribution is 2.13. The summed E-state index contributed by atoms with van der Waals surface area (Å²) < 4.78 is 11.3. The van der Waals surface area contributed by atoms with Crippen molar-refractivity contribution in [3.8, 4) is 0 Å². The third-order valence-corrected chi connectivity index (χ3v) is 3.11. The van der Waals surface area contributed by atoms with Crippen molar-refractivity contribution >= 4 is 0 Å². The predicted octanol–water partition coefficient (Wildman–Crippen LogP) is 2.23. The van der Waals surface area contributed by atoms with Crippen LogP contribution in [-0.4, -0.2) is 19.3 Å². The fraction of sp³-hybridized carbons (Fsp3) is 0.571. The summed E-state index contributed by atoms with van der Waals surface area (Å²) in [6.45, 7) is 2.85. The summed E-state index contributed by atoms with van der Waals surface area (Å²) >= 11 is 0. The Morgan fingerprint density at radius 3 is 2.59 bits per heavy atom. The second-order valence-corrected chi connectivity index (χ2v) is 4.52. The molecule has 17 heavy (non-hydrogen) atoms. The molecule has 0 radical (unpaired) electrons. The first-order valence-electron chi connectivity index (χ1n) is 6.35. The summed E-state index contributed by atoms with van der Waals surface area (Å²) in [5, 5.41) is 0. The van der Waals surface area contributed by atoms with Crippen molar-refractivity contribution in [3.05, 3.63) is 35.4 Å². The van der Waals surface area contributed by atoms with E-state index in [-0.39, 0.29) is 0 Å². The first-order chi connectivity index (χ1) is 8.38. The molecule has 2 N–H and O–H groups in total. The third kappa shape index (κ3) is 4.11. The number of nitrogens with two attached hydrogens (primary N) is 1. The lowest BCUT2D eigenvalue weighted by atomic mass is 10.1. The summed E-state index contributed by atoms with van der Waals surface area (Å²) in [6.07, 6.45) is 3.88. The Morgan fingerprint density at radius 1 is 1.18 bits per heavy atom. The average molecular weight is 235 g/mol. The molecule has 1 atom stereocenters. The monoisotopic (exact) mass is 235 g/mol. The van der Waals surface area contributed by atoms with Crippen LogP contribution < -0.4 is 5.73 Å². The molecule has 1 saturated heterocycles. The molecule has 3 heteroatoms.